The van der Waals surface area contributed by atoms with Gasteiger partial charge in [-0.05, 0) is 44.7 Å². The predicted octanol–water partition coefficient (Wildman–Crippen LogP) is 3.47. The summed E-state index contributed by atoms with van der Waals surface area (Å²) in [6.07, 6.45) is 5.04. The second kappa shape index (κ2) is 3.62. The van der Waals surface area contributed by atoms with Crippen LogP contribution in [0.3, 0.4) is 0 Å². The normalized spacial score (nSPS) is 20.0. The van der Waals surface area contributed by atoms with E-state index in [1.807, 2.05) is 0 Å². The fourth-order valence-corrected chi connectivity index (χ4v) is 2.96. The molecule has 0 aromatic carbocycles. The van der Waals surface area contributed by atoms with Crippen LogP contribution in [0.5, 0.6) is 0 Å². The minimum atomic E-state index is 0.683. The zero-order valence-electron chi connectivity index (χ0n) is 10.0. The van der Waals surface area contributed by atoms with Crippen molar-refractivity contribution in [3.05, 3.63) is 35.3 Å². The van der Waals surface area contributed by atoms with E-state index in [0.29, 0.717) is 5.92 Å². The van der Waals surface area contributed by atoms with E-state index in [-0.39, 0.29) is 0 Å². The van der Waals surface area contributed by atoms with Gasteiger partial charge in [0.15, 0.2) is 0 Å². The topological polar surface area (TPSA) is 17.3 Å². The zero-order chi connectivity index (χ0) is 11.1. The maximum atomic E-state index is 4.83. The first-order valence-corrected chi connectivity index (χ1v) is 6.28. The number of hydrogen-bond acceptors (Lipinski definition) is 1. The Morgan fingerprint density at radius 3 is 3.12 bits per heavy atom. The van der Waals surface area contributed by atoms with Crippen molar-refractivity contribution in [3.8, 4) is 0 Å². The van der Waals surface area contributed by atoms with Crippen LogP contribution >= 0.6 is 0 Å². The lowest BCUT2D eigenvalue weighted by molar-refractivity contribution is 0.523. The van der Waals surface area contributed by atoms with Gasteiger partial charge in [0.2, 0.25) is 0 Å². The summed E-state index contributed by atoms with van der Waals surface area (Å²) in [4.78, 5) is 4.83. The molecule has 0 fully saturated rings. The van der Waals surface area contributed by atoms with E-state index in [4.69, 9.17) is 4.98 Å². The third-order valence-corrected chi connectivity index (χ3v) is 3.81. The number of pyridine rings is 1. The Kier molecular flexibility index (Phi) is 2.23. The van der Waals surface area contributed by atoms with Crippen molar-refractivity contribution in [2.24, 2.45) is 0 Å². The molecular weight excluding hydrogens is 196 g/mol. The summed E-state index contributed by atoms with van der Waals surface area (Å²) in [6, 6.07) is 6.40. The van der Waals surface area contributed by atoms with Gasteiger partial charge in [0.25, 0.3) is 0 Å². The molecule has 0 radical (unpaired) electrons. The first kappa shape index (κ1) is 9.88. The largest absolute Gasteiger partial charge is 0.301 e. The third-order valence-electron chi connectivity index (χ3n) is 3.81. The van der Waals surface area contributed by atoms with E-state index >= 15 is 0 Å². The molecule has 0 aliphatic heterocycles. The number of fused-ring (bicyclic) bond motifs is 3. The van der Waals surface area contributed by atoms with Crippen LogP contribution in [0.4, 0.5) is 0 Å². The second-order valence-electron chi connectivity index (χ2n) is 4.80. The van der Waals surface area contributed by atoms with Crippen LogP contribution in [0.15, 0.2) is 18.2 Å². The van der Waals surface area contributed by atoms with Crippen molar-refractivity contribution < 1.29 is 0 Å². The smallest absolute Gasteiger partial charge is 0.137 e. The van der Waals surface area contributed by atoms with Crippen LogP contribution in [0, 0.1) is 6.92 Å². The highest BCUT2D eigenvalue weighted by molar-refractivity contribution is 5.46. The molecule has 2 aromatic rings. The summed E-state index contributed by atoms with van der Waals surface area (Å²) < 4.78 is 2.34. The predicted molar refractivity (Wildman–Crippen MR) is 65.9 cm³/mol. The van der Waals surface area contributed by atoms with Crippen LogP contribution in [-0.2, 0) is 6.42 Å². The fraction of sp³-hybridized carbons (Fsp3) is 0.500. The molecule has 2 heteroatoms. The van der Waals surface area contributed by atoms with Crippen molar-refractivity contribution in [3.63, 3.8) is 0 Å². The van der Waals surface area contributed by atoms with Crippen molar-refractivity contribution in [2.45, 2.75) is 45.4 Å². The van der Waals surface area contributed by atoms with E-state index in [1.54, 1.807) is 0 Å². The molecule has 2 aromatic heterocycles. The summed E-state index contributed by atoms with van der Waals surface area (Å²) in [5.41, 5.74) is 5.27. The molecular formula is C14H18N2. The molecule has 2 heterocycles. The highest BCUT2D eigenvalue weighted by Gasteiger charge is 2.24. The van der Waals surface area contributed by atoms with E-state index in [2.05, 4.69) is 36.4 Å². The highest BCUT2D eigenvalue weighted by Crippen LogP contribution is 2.34. The van der Waals surface area contributed by atoms with Crippen LogP contribution in [0.2, 0.25) is 0 Å². The maximum Gasteiger partial charge on any atom is 0.137 e. The SMILES string of the molecule is CCC1CCCc2c1nc1cccc(C)n21. The van der Waals surface area contributed by atoms with Gasteiger partial charge in [0, 0.05) is 17.3 Å². The van der Waals surface area contributed by atoms with Crippen LogP contribution in [-0.4, -0.2) is 9.38 Å². The second-order valence-corrected chi connectivity index (χ2v) is 4.80. The number of aromatic nitrogens is 2. The molecule has 2 nitrogen and oxygen atoms in total. The van der Waals surface area contributed by atoms with Gasteiger partial charge >= 0.3 is 0 Å². The molecule has 1 unspecified atom stereocenters. The first-order chi connectivity index (χ1) is 7.81. The zero-order valence-corrected chi connectivity index (χ0v) is 10.0. The van der Waals surface area contributed by atoms with Crippen LogP contribution in [0.1, 0.15) is 49.2 Å². The lowest BCUT2D eigenvalue weighted by Gasteiger charge is -2.20. The number of hydrogen-bond donors (Lipinski definition) is 0. The Bertz CT molecular complexity index is 525. The number of nitrogens with zero attached hydrogens (tertiary/aromatic N) is 2. The van der Waals surface area contributed by atoms with Crippen molar-refractivity contribution in [1.82, 2.24) is 9.38 Å². The molecule has 0 amide bonds. The van der Waals surface area contributed by atoms with Gasteiger partial charge in [0.1, 0.15) is 5.65 Å². The van der Waals surface area contributed by atoms with Crippen molar-refractivity contribution >= 4 is 5.65 Å². The van der Waals surface area contributed by atoms with E-state index in [0.717, 1.165) is 5.65 Å². The highest BCUT2D eigenvalue weighted by atomic mass is 15.0. The molecule has 3 rings (SSSR count). The van der Waals surface area contributed by atoms with Gasteiger partial charge < -0.3 is 4.40 Å². The molecule has 0 N–H and O–H groups in total. The average Bonchev–Trinajstić information content (AvgIpc) is 2.68. The lowest BCUT2D eigenvalue weighted by atomic mass is 9.88. The number of rotatable bonds is 1. The van der Waals surface area contributed by atoms with Gasteiger partial charge in [-0.1, -0.05) is 13.0 Å². The first-order valence-electron chi connectivity index (χ1n) is 6.28. The van der Waals surface area contributed by atoms with Crippen molar-refractivity contribution in [1.29, 1.82) is 0 Å². The minimum Gasteiger partial charge on any atom is -0.301 e. The fourth-order valence-electron chi connectivity index (χ4n) is 2.96. The van der Waals surface area contributed by atoms with Gasteiger partial charge in [-0.2, -0.15) is 0 Å². The minimum absolute atomic E-state index is 0.683. The lowest BCUT2D eigenvalue weighted by Crippen LogP contribution is -2.10. The number of aryl methyl sites for hydroxylation is 2. The van der Waals surface area contributed by atoms with Crippen LogP contribution < -0.4 is 0 Å². The summed E-state index contributed by atoms with van der Waals surface area (Å²) >= 11 is 0. The van der Waals surface area contributed by atoms with Gasteiger partial charge in [-0.15, -0.1) is 0 Å². The van der Waals surface area contributed by atoms with Crippen molar-refractivity contribution in [2.75, 3.05) is 0 Å². The Balaban J connectivity index is 2.29. The van der Waals surface area contributed by atoms with Gasteiger partial charge in [-0.25, -0.2) is 4.98 Å². The van der Waals surface area contributed by atoms with E-state index in [9.17, 15) is 0 Å². The molecule has 0 saturated carbocycles. The Hall–Kier alpha value is -1.31. The van der Waals surface area contributed by atoms with E-state index in [1.165, 1.54) is 42.8 Å². The van der Waals surface area contributed by atoms with E-state index < -0.39 is 0 Å². The number of imidazole rings is 1. The van der Waals surface area contributed by atoms with Gasteiger partial charge in [-0.3, -0.25) is 0 Å². The average molecular weight is 214 g/mol. The molecule has 1 aliphatic rings. The molecule has 16 heavy (non-hydrogen) atoms. The standard InChI is InChI=1S/C14H18N2/c1-3-11-7-5-8-12-14(11)15-13-9-4-6-10(2)16(12)13/h4,6,9,11H,3,5,7-8H2,1-2H3. The van der Waals surface area contributed by atoms with Gasteiger partial charge in [0.05, 0.1) is 5.69 Å². The summed E-state index contributed by atoms with van der Waals surface area (Å²) in [5, 5.41) is 0. The molecule has 84 valence electrons. The maximum absolute atomic E-state index is 4.83. The Morgan fingerprint density at radius 2 is 2.31 bits per heavy atom. The third kappa shape index (κ3) is 1.29. The summed E-state index contributed by atoms with van der Waals surface area (Å²) in [7, 11) is 0. The summed E-state index contributed by atoms with van der Waals surface area (Å²) in [6.45, 7) is 4.45. The molecule has 1 atom stereocenters. The Labute approximate surface area is 96.3 Å². The van der Waals surface area contributed by atoms with Crippen LogP contribution in [0.25, 0.3) is 5.65 Å². The molecule has 1 aliphatic carbocycles. The molecule has 0 saturated heterocycles. The Morgan fingerprint density at radius 1 is 1.44 bits per heavy atom. The summed E-state index contributed by atoms with van der Waals surface area (Å²) in [5.74, 6) is 0.683. The molecule has 0 spiro atoms. The molecule has 0 bridgehead atoms. The monoisotopic (exact) mass is 214 g/mol. The quantitative estimate of drug-likeness (QED) is 0.710.